The number of nitrogens with zero attached hydrogens (tertiary/aromatic N) is 2. The second-order valence-corrected chi connectivity index (χ2v) is 6.23. The third-order valence-electron chi connectivity index (χ3n) is 3.56. The molecule has 0 aliphatic rings. The van der Waals surface area contributed by atoms with Crippen molar-refractivity contribution in [3.8, 4) is 22.9 Å². The van der Waals surface area contributed by atoms with Crippen molar-refractivity contribution in [3.05, 3.63) is 64.9 Å². The molecule has 0 saturated heterocycles. The standard InChI is InChI=1S/C19H18BrFN2O2/c1-2-24-19-13-17(14-6-4-3-5-7-14)22-23(19)10-11-25-18-9-8-15(20)12-16(18)21/h3-9,12-13H,2,10-11H2,1H3. The molecule has 0 radical (unpaired) electrons. The summed E-state index contributed by atoms with van der Waals surface area (Å²) >= 11 is 3.23. The van der Waals surface area contributed by atoms with Gasteiger partial charge in [-0.3, -0.25) is 0 Å². The highest BCUT2D eigenvalue weighted by atomic mass is 79.9. The van der Waals surface area contributed by atoms with Gasteiger partial charge < -0.3 is 9.47 Å². The van der Waals surface area contributed by atoms with Crippen LogP contribution in [0.4, 0.5) is 4.39 Å². The molecule has 0 N–H and O–H groups in total. The number of rotatable bonds is 7. The van der Waals surface area contributed by atoms with Crippen LogP contribution in [0, 0.1) is 5.82 Å². The minimum atomic E-state index is -0.398. The molecule has 4 nitrogen and oxygen atoms in total. The second kappa shape index (κ2) is 8.16. The van der Waals surface area contributed by atoms with Gasteiger partial charge in [-0.05, 0) is 25.1 Å². The van der Waals surface area contributed by atoms with Crippen molar-refractivity contribution in [2.24, 2.45) is 0 Å². The molecule has 0 bridgehead atoms. The monoisotopic (exact) mass is 404 g/mol. The molecule has 0 fully saturated rings. The number of aromatic nitrogens is 2. The first kappa shape index (κ1) is 17.5. The Morgan fingerprint density at radius 3 is 2.60 bits per heavy atom. The third kappa shape index (κ3) is 4.39. The van der Waals surface area contributed by atoms with Crippen molar-refractivity contribution in [2.75, 3.05) is 13.2 Å². The Hall–Kier alpha value is -2.34. The Morgan fingerprint density at radius 2 is 1.88 bits per heavy atom. The Morgan fingerprint density at radius 1 is 1.08 bits per heavy atom. The lowest BCUT2D eigenvalue weighted by Crippen LogP contribution is -2.12. The molecule has 0 aliphatic carbocycles. The minimum Gasteiger partial charge on any atom is -0.489 e. The zero-order valence-electron chi connectivity index (χ0n) is 13.8. The Balaban J connectivity index is 1.71. The fraction of sp³-hybridized carbons (Fsp3) is 0.211. The lowest BCUT2D eigenvalue weighted by atomic mass is 10.2. The average molecular weight is 405 g/mol. The predicted octanol–water partition coefficient (Wildman–Crippen LogP) is 4.93. The van der Waals surface area contributed by atoms with E-state index in [1.54, 1.807) is 16.8 Å². The SMILES string of the molecule is CCOc1cc(-c2ccccc2)nn1CCOc1ccc(Br)cc1F. The predicted molar refractivity (Wildman–Crippen MR) is 98.4 cm³/mol. The summed E-state index contributed by atoms with van der Waals surface area (Å²) in [6.07, 6.45) is 0. The molecule has 0 unspecified atom stereocenters. The third-order valence-corrected chi connectivity index (χ3v) is 4.05. The highest BCUT2D eigenvalue weighted by Gasteiger charge is 2.11. The van der Waals surface area contributed by atoms with E-state index in [1.165, 1.54) is 6.07 Å². The van der Waals surface area contributed by atoms with Crippen LogP contribution in [0.2, 0.25) is 0 Å². The summed E-state index contributed by atoms with van der Waals surface area (Å²) in [6.45, 7) is 3.21. The zero-order chi connectivity index (χ0) is 17.6. The van der Waals surface area contributed by atoms with Crippen LogP contribution in [0.15, 0.2) is 59.1 Å². The van der Waals surface area contributed by atoms with E-state index in [4.69, 9.17) is 9.47 Å². The van der Waals surface area contributed by atoms with E-state index in [-0.39, 0.29) is 12.4 Å². The first-order chi connectivity index (χ1) is 12.2. The summed E-state index contributed by atoms with van der Waals surface area (Å²) in [4.78, 5) is 0. The molecule has 0 amide bonds. The highest BCUT2D eigenvalue weighted by Crippen LogP contribution is 2.24. The van der Waals surface area contributed by atoms with Gasteiger partial charge >= 0.3 is 0 Å². The van der Waals surface area contributed by atoms with Gasteiger partial charge in [0.15, 0.2) is 11.6 Å². The van der Waals surface area contributed by atoms with E-state index in [9.17, 15) is 4.39 Å². The van der Waals surface area contributed by atoms with Gasteiger partial charge in [-0.25, -0.2) is 9.07 Å². The zero-order valence-corrected chi connectivity index (χ0v) is 15.4. The molecular weight excluding hydrogens is 387 g/mol. The molecule has 130 valence electrons. The molecule has 0 saturated carbocycles. The van der Waals surface area contributed by atoms with Crippen LogP contribution in [0.1, 0.15) is 6.92 Å². The van der Waals surface area contributed by atoms with Crippen LogP contribution >= 0.6 is 15.9 Å². The molecule has 3 aromatic rings. The van der Waals surface area contributed by atoms with E-state index in [2.05, 4.69) is 21.0 Å². The molecule has 6 heteroatoms. The quantitative estimate of drug-likeness (QED) is 0.559. The van der Waals surface area contributed by atoms with E-state index < -0.39 is 5.82 Å². The fourth-order valence-corrected chi connectivity index (χ4v) is 2.74. The topological polar surface area (TPSA) is 36.3 Å². The minimum absolute atomic E-state index is 0.219. The van der Waals surface area contributed by atoms with E-state index in [0.29, 0.717) is 23.5 Å². The number of hydrogen-bond acceptors (Lipinski definition) is 3. The molecule has 0 spiro atoms. The molecule has 1 heterocycles. The van der Waals surface area contributed by atoms with Crippen LogP contribution in [0.25, 0.3) is 11.3 Å². The van der Waals surface area contributed by atoms with Gasteiger partial charge in [-0.2, -0.15) is 5.10 Å². The molecule has 1 aromatic heterocycles. The van der Waals surface area contributed by atoms with Crippen LogP contribution in [0.5, 0.6) is 11.6 Å². The first-order valence-corrected chi connectivity index (χ1v) is 8.80. The van der Waals surface area contributed by atoms with Crippen molar-refractivity contribution in [3.63, 3.8) is 0 Å². The first-order valence-electron chi connectivity index (χ1n) is 8.01. The smallest absolute Gasteiger partial charge is 0.212 e. The van der Waals surface area contributed by atoms with Gasteiger partial charge in [0.1, 0.15) is 6.61 Å². The number of halogens is 2. The van der Waals surface area contributed by atoms with Gasteiger partial charge in [0.25, 0.3) is 0 Å². The average Bonchev–Trinajstić information content (AvgIpc) is 3.01. The maximum absolute atomic E-state index is 13.8. The van der Waals surface area contributed by atoms with Crippen LogP contribution in [0.3, 0.4) is 0 Å². The molecule has 0 atom stereocenters. The van der Waals surface area contributed by atoms with E-state index in [0.717, 1.165) is 11.3 Å². The molecule has 0 aliphatic heterocycles. The van der Waals surface area contributed by atoms with Gasteiger partial charge in [0.05, 0.1) is 18.8 Å². The Labute approximate surface area is 154 Å². The largest absolute Gasteiger partial charge is 0.489 e. The summed E-state index contributed by atoms with van der Waals surface area (Å²) in [5.74, 6) is 0.489. The summed E-state index contributed by atoms with van der Waals surface area (Å²) in [6, 6.07) is 16.5. The Kier molecular flexibility index (Phi) is 5.71. The van der Waals surface area contributed by atoms with Gasteiger partial charge in [0, 0.05) is 16.1 Å². The van der Waals surface area contributed by atoms with E-state index >= 15 is 0 Å². The van der Waals surface area contributed by atoms with Crippen molar-refractivity contribution >= 4 is 15.9 Å². The number of benzene rings is 2. The van der Waals surface area contributed by atoms with Crippen LogP contribution in [-0.4, -0.2) is 23.0 Å². The van der Waals surface area contributed by atoms with Crippen molar-refractivity contribution in [1.29, 1.82) is 0 Å². The lowest BCUT2D eigenvalue weighted by molar-refractivity contribution is 0.253. The fourth-order valence-electron chi connectivity index (χ4n) is 2.41. The van der Waals surface area contributed by atoms with Crippen LogP contribution in [-0.2, 0) is 6.54 Å². The Bertz CT molecular complexity index is 837. The number of ether oxygens (including phenoxy) is 2. The maximum Gasteiger partial charge on any atom is 0.212 e. The molecule has 3 rings (SSSR count). The lowest BCUT2D eigenvalue weighted by Gasteiger charge is -2.10. The normalized spacial score (nSPS) is 10.7. The molecule has 25 heavy (non-hydrogen) atoms. The van der Waals surface area contributed by atoms with Gasteiger partial charge in [-0.15, -0.1) is 0 Å². The summed E-state index contributed by atoms with van der Waals surface area (Å²) in [7, 11) is 0. The van der Waals surface area contributed by atoms with Gasteiger partial charge in [-0.1, -0.05) is 46.3 Å². The van der Waals surface area contributed by atoms with Crippen LogP contribution < -0.4 is 9.47 Å². The molecular formula is C19H18BrFN2O2. The van der Waals surface area contributed by atoms with Crippen molar-refractivity contribution in [2.45, 2.75) is 13.5 Å². The van der Waals surface area contributed by atoms with Gasteiger partial charge in [0.2, 0.25) is 5.88 Å². The van der Waals surface area contributed by atoms with E-state index in [1.807, 2.05) is 43.3 Å². The van der Waals surface area contributed by atoms with Crippen molar-refractivity contribution in [1.82, 2.24) is 9.78 Å². The summed E-state index contributed by atoms with van der Waals surface area (Å²) < 4.78 is 27.4. The van der Waals surface area contributed by atoms with Crippen molar-refractivity contribution < 1.29 is 13.9 Å². The molecule has 2 aromatic carbocycles. The summed E-state index contributed by atoms with van der Waals surface area (Å²) in [5.41, 5.74) is 1.85. The maximum atomic E-state index is 13.8. The second-order valence-electron chi connectivity index (χ2n) is 5.31. The summed E-state index contributed by atoms with van der Waals surface area (Å²) in [5, 5.41) is 4.58. The highest BCUT2D eigenvalue weighted by molar-refractivity contribution is 9.10. The number of hydrogen-bond donors (Lipinski definition) is 0.